The number of hydrogen-bond donors (Lipinski definition) is 1. The van der Waals surface area contributed by atoms with Crippen LogP contribution in [0.3, 0.4) is 0 Å². The predicted octanol–water partition coefficient (Wildman–Crippen LogP) is -0.129. The van der Waals surface area contributed by atoms with Gasteiger partial charge in [-0.2, -0.15) is 0 Å². The van der Waals surface area contributed by atoms with Gasteiger partial charge in [0.15, 0.2) is 0 Å². The number of rotatable bonds is 3. The van der Waals surface area contributed by atoms with E-state index >= 15 is 0 Å². The summed E-state index contributed by atoms with van der Waals surface area (Å²) in [6.45, 7) is 6.39. The van der Waals surface area contributed by atoms with Crippen molar-refractivity contribution in [3.05, 3.63) is 0 Å². The van der Waals surface area contributed by atoms with Gasteiger partial charge in [-0.15, -0.1) is 0 Å². The van der Waals surface area contributed by atoms with Gasteiger partial charge in [-0.3, -0.25) is 9.59 Å². The Morgan fingerprint density at radius 3 is 2.33 bits per heavy atom. The zero-order valence-electron chi connectivity index (χ0n) is 12.8. The molecule has 0 aromatic rings. The smallest absolute Gasteiger partial charge is 0.320 e. The van der Waals surface area contributed by atoms with Gasteiger partial charge in [0.25, 0.3) is 0 Å². The molecule has 2 saturated heterocycles. The molecule has 0 saturated carbocycles. The Morgan fingerprint density at radius 1 is 1.10 bits per heavy atom. The van der Waals surface area contributed by atoms with E-state index in [1.165, 1.54) is 4.90 Å². The Kier molecular flexibility index (Phi) is 5.03. The second-order valence-electron chi connectivity index (χ2n) is 5.94. The largest absolute Gasteiger partial charge is 0.352 e. The van der Waals surface area contributed by atoms with E-state index in [0.29, 0.717) is 13.1 Å². The first-order chi connectivity index (χ1) is 9.97. The first kappa shape index (κ1) is 15.6. The third kappa shape index (κ3) is 4.09. The molecule has 118 valence electrons. The number of amides is 4. The number of nitrogens with one attached hydrogen (secondary N) is 1. The van der Waals surface area contributed by atoms with Crippen LogP contribution in [0.25, 0.3) is 0 Å². The minimum atomic E-state index is -0.160. The number of hydrogen-bond acceptors (Lipinski definition) is 3. The van der Waals surface area contributed by atoms with E-state index in [2.05, 4.69) is 5.32 Å². The minimum Gasteiger partial charge on any atom is -0.352 e. The Morgan fingerprint density at radius 2 is 1.76 bits per heavy atom. The fourth-order valence-corrected chi connectivity index (χ4v) is 2.69. The monoisotopic (exact) mass is 296 g/mol. The lowest BCUT2D eigenvalue weighted by Gasteiger charge is -2.35. The quantitative estimate of drug-likeness (QED) is 0.788. The molecule has 21 heavy (non-hydrogen) atoms. The van der Waals surface area contributed by atoms with Crippen molar-refractivity contribution in [3.8, 4) is 0 Å². The fraction of sp³-hybridized carbons (Fsp3) is 0.786. The van der Waals surface area contributed by atoms with E-state index in [1.54, 1.807) is 9.80 Å². The molecule has 0 unspecified atom stereocenters. The molecule has 4 amide bonds. The lowest BCUT2D eigenvalue weighted by Crippen LogP contribution is -2.56. The zero-order valence-corrected chi connectivity index (χ0v) is 12.8. The summed E-state index contributed by atoms with van der Waals surface area (Å²) in [6.07, 6.45) is 2.07. The molecular formula is C14H24N4O3. The summed E-state index contributed by atoms with van der Waals surface area (Å²) < 4.78 is 0. The van der Waals surface area contributed by atoms with E-state index in [1.807, 2.05) is 13.8 Å². The number of piperazine rings is 1. The van der Waals surface area contributed by atoms with Gasteiger partial charge >= 0.3 is 6.03 Å². The van der Waals surface area contributed by atoms with Crippen molar-refractivity contribution in [3.63, 3.8) is 0 Å². The van der Waals surface area contributed by atoms with Crippen LogP contribution in [0, 0.1) is 0 Å². The summed E-state index contributed by atoms with van der Waals surface area (Å²) in [5, 5.41) is 2.77. The number of urea groups is 1. The third-order valence-corrected chi connectivity index (χ3v) is 3.75. The first-order valence-electron chi connectivity index (χ1n) is 7.58. The van der Waals surface area contributed by atoms with Crippen LogP contribution in [-0.2, 0) is 9.59 Å². The number of carbonyl (C=O) groups excluding carboxylic acids is 3. The highest BCUT2D eigenvalue weighted by atomic mass is 16.2. The van der Waals surface area contributed by atoms with Crippen LogP contribution in [0.2, 0.25) is 0 Å². The van der Waals surface area contributed by atoms with Crippen LogP contribution >= 0.6 is 0 Å². The molecule has 0 spiro atoms. The number of nitrogens with zero attached hydrogens (tertiary/aromatic N) is 3. The summed E-state index contributed by atoms with van der Waals surface area (Å²) in [5.74, 6) is -0.314. The molecule has 7 nitrogen and oxygen atoms in total. The Hall–Kier alpha value is -1.79. The number of likely N-dealkylation sites (tertiary alicyclic amines) is 1. The van der Waals surface area contributed by atoms with E-state index < -0.39 is 0 Å². The van der Waals surface area contributed by atoms with E-state index in [4.69, 9.17) is 0 Å². The van der Waals surface area contributed by atoms with Crippen LogP contribution in [-0.4, -0.2) is 77.9 Å². The molecule has 2 heterocycles. The molecule has 2 fully saturated rings. The topological polar surface area (TPSA) is 73.0 Å². The van der Waals surface area contributed by atoms with Gasteiger partial charge in [0.05, 0.1) is 6.54 Å². The maximum absolute atomic E-state index is 12.2. The van der Waals surface area contributed by atoms with Crippen LogP contribution < -0.4 is 5.32 Å². The molecule has 0 aromatic heterocycles. The van der Waals surface area contributed by atoms with Gasteiger partial charge in [-0.1, -0.05) is 0 Å². The summed E-state index contributed by atoms with van der Waals surface area (Å²) in [4.78, 5) is 40.9. The normalized spacial score (nSPS) is 19.4. The van der Waals surface area contributed by atoms with E-state index in [9.17, 15) is 14.4 Å². The molecule has 2 rings (SSSR count). The maximum atomic E-state index is 12.2. The van der Waals surface area contributed by atoms with Crippen LogP contribution in [0.1, 0.15) is 26.7 Å². The molecule has 0 aliphatic carbocycles. The first-order valence-corrected chi connectivity index (χ1v) is 7.58. The van der Waals surface area contributed by atoms with Crippen molar-refractivity contribution in [1.29, 1.82) is 0 Å². The average molecular weight is 296 g/mol. The van der Waals surface area contributed by atoms with Crippen LogP contribution in [0.5, 0.6) is 0 Å². The summed E-state index contributed by atoms with van der Waals surface area (Å²) >= 11 is 0. The fourth-order valence-electron chi connectivity index (χ4n) is 2.69. The van der Waals surface area contributed by atoms with Crippen LogP contribution in [0.4, 0.5) is 4.79 Å². The third-order valence-electron chi connectivity index (χ3n) is 3.75. The van der Waals surface area contributed by atoms with Crippen molar-refractivity contribution in [2.24, 2.45) is 0 Å². The summed E-state index contributed by atoms with van der Waals surface area (Å²) in [6, 6.07) is 0.0118. The number of carbonyl (C=O) groups is 3. The lowest BCUT2D eigenvalue weighted by molar-refractivity contribution is -0.139. The molecule has 0 bridgehead atoms. The standard InChI is InChI=1S/C14H24N4O3/c1-11(2)15-12(19)9-17-7-8-18(10-13(17)20)14(21)16-5-3-4-6-16/h11H,3-10H2,1-2H3,(H,15,19). The van der Waals surface area contributed by atoms with Crippen molar-refractivity contribution >= 4 is 17.8 Å². The Bertz CT molecular complexity index is 418. The van der Waals surface area contributed by atoms with Crippen molar-refractivity contribution in [1.82, 2.24) is 20.0 Å². The SMILES string of the molecule is CC(C)NC(=O)CN1CCN(C(=O)N2CCCC2)CC1=O. The highest BCUT2D eigenvalue weighted by molar-refractivity contribution is 5.89. The second-order valence-corrected chi connectivity index (χ2v) is 5.94. The van der Waals surface area contributed by atoms with E-state index in [-0.39, 0.29) is 37.0 Å². The van der Waals surface area contributed by atoms with Crippen LogP contribution in [0.15, 0.2) is 0 Å². The van der Waals surface area contributed by atoms with E-state index in [0.717, 1.165) is 25.9 Å². The van der Waals surface area contributed by atoms with Gasteiger partial charge in [0, 0.05) is 32.2 Å². The molecular weight excluding hydrogens is 272 g/mol. The molecule has 0 aromatic carbocycles. The van der Waals surface area contributed by atoms with Crippen molar-refractivity contribution in [2.45, 2.75) is 32.7 Å². The molecule has 0 radical (unpaired) electrons. The predicted molar refractivity (Wildman–Crippen MR) is 77.6 cm³/mol. The molecule has 1 N–H and O–H groups in total. The maximum Gasteiger partial charge on any atom is 0.320 e. The van der Waals surface area contributed by atoms with Crippen molar-refractivity contribution < 1.29 is 14.4 Å². The molecule has 7 heteroatoms. The van der Waals surface area contributed by atoms with Gasteiger partial charge in [0.1, 0.15) is 6.54 Å². The highest BCUT2D eigenvalue weighted by Gasteiger charge is 2.31. The second kappa shape index (κ2) is 6.78. The Balaban J connectivity index is 1.82. The summed E-state index contributed by atoms with van der Waals surface area (Å²) in [7, 11) is 0. The zero-order chi connectivity index (χ0) is 15.4. The van der Waals surface area contributed by atoms with Gasteiger partial charge in [-0.25, -0.2) is 4.79 Å². The molecule has 2 aliphatic heterocycles. The van der Waals surface area contributed by atoms with Crippen molar-refractivity contribution in [2.75, 3.05) is 39.3 Å². The molecule has 2 aliphatic rings. The van der Waals surface area contributed by atoms with Gasteiger partial charge < -0.3 is 20.0 Å². The average Bonchev–Trinajstić information content (AvgIpc) is 2.93. The lowest BCUT2D eigenvalue weighted by atomic mass is 10.3. The van der Waals surface area contributed by atoms with Gasteiger partial charge in [-0.05, 0) is 26.7 Å². The highest BCUT2D eigenvalue weighted by Crippen LogP contribution is 2.12. The summed E-state index contributed by atoms with van der Waals surface area (Å²) in [5.41, 5.74) is 0. The Labute approximate surface area is 125 Å². The molecule has 0 atom stereocenters. The minimum absolute atomic E-state index is 0.0490. The van der Waals surface area contributed by atoms with Gasteiger partial charge in [0.2, 0.25) is 11.8 Å².